The van der Waals surface area contributed by atoms with Crippen molar-refractivity contribution in [2.45, 2.75) is 19.8 Å². The molecule has 24 heavy (non-hydrogen) atoms. The highest BCUT2D eigenvalue weighted by atomic mass is 16.5. The van der Waals surface area contributed by atoms with Gasteiger partial charge in [0.05, 0.1) is 19.8 Å². The van der Waals surface area contributed by atoms with E-state index in [-0.39, 0.29) is 5.91 Å². The maximum Gasteiger partial charge on any atom is 0.337 e. The van der Waals surface area contributed by atoms with Crippen molar-refractivity contribution in [3.63, 3.8) is 0 Å². The number of hydrogen-bond donors (Lipinski definition) is 1. The number of carbonyl (C=O) groups excluding carboxylic acids is 2. The Hall–Kier alpha value is -2.82. The van der Waals surface area contributed by atoms with E-state index in [0.29, 0.717) is 24.1 Å². The van der Waals surface area contributed by atoms with Crippen LogP contribution in [0.5, 0.6) is 5.75 Å². The van der Waals surface area contributed by atoms with Crippen LogP contribution >= 0.6 is 0 Å². The Morgan fingerprint density at radius 1 is 1.08 bits per heavy atom. The van der Waals surface area contributed by atoms with Crippen molar-refractivity contribution >= 4 is 17.6 Å². The third-order valence-corrected chi connectivity index (χ3v) is 3.71. The van der Waals surface area contributed by atoms with E-state index in [1.807, 2.05) is 31.2 Å². The molecule has 0 radical (unpaired) electrons. The molecular weight excluding hydrogens is 306 g/mol. The summed E-state index contributed by atoms with van der Waals surface area (Å²) in [5.74, 6) is 0.236. The molecule has 2 aromatic carbocycles. The molecule has 0 aromatic heterocycles. The third kappa shape index (κ3) is 4.59. The highest BCUT2D eigenvalue weighted by Gasteiger charge is 2.10. The summed E-state index contributed by atoms with van der Waals surface area (Å²) in [4.78, 5) is 23.8. The van der Waals surface area contributed by atoms with Crippen molar-refractivity contribution in [2.75, 3.05) is 19.5 Å². The molecule has 0 aliphatic heterocycles. The zero-order chi connectivity index (χ0) is 17.5. The molecule has 2 aromatic rings. The molecule has 5 nitrogen and oxygen atoms in total. The van der Waals surface area contributed by atoms with E-state index in [2.05, 4.69) is 5.32 Å². The van der Waals surface area contributed by atoms with Crippen LogP contribution in [0.1, 0.15) is 27.9 Å². The summed E-state index contributed by atoms with van der Waals surface area (Å²) in [6, 6.07) is 12.7. The van der Waals surface area contributed by atoms with E-state index in [9.17, 15) is 9.59 Å². The second-order valence-corrected chi connectivity index (χ2v) is 5.42. The quantitative estimate of drug-likeness (QED) is 0.826. The number of amides is 1. The van der Waals surface area contributed by atoms with Gasteiger partial charge in [0, 0.05) is 12.1 Å². The predicted octanol–water partition coefficient (Wildman–Crippen LogP) is 3.36. The van der Waals surface area contributed by atoms with Crippen molar-refractivity contribution in [1.82, 2.24) is 0 Å². The fraction of sp³-hybridized carbons (Fsp3) is 0.263. The van der Waals surface area contributed by atoms with E-state index < -0.39 is 5.97 Å². The monoisotopic (exact) mass is 327 g/mol. The average Bonchev–Trinajstić information content (AvgIpc) is 2.61. The van der Waals surface area contributed by atoms with E-state index in [1.165, 1.54) is 7.11 Å². The van der Waals surface area contributed by atoms with Crippen LogP contribution in [-0.4, -0.2) is 26.1 Å². The summed E-state index contributed by atoms with van der Waals surface area (Å²) >= 11 is 0. The number of esters is 1. The van der Waals surface area contributed by atoms with Crippen LogP contribution in [0, 0.1) is 6.92 Å². The second-order valence-electron chi connectivity index (χ2n) is 5.42. The smallest absolute Gasteiger partial charge is 0.337 e. The normalized spacial score (nSPS) is 10.1. The molecule has 0 unspecified atom stereocenters. The maximum absolute atomic E-state index is 12.2. The van der Waals surface area contributed by atoms with Crippen LogP contribution in [0.4, 0.5) is 5.69 Å². The number of anilines is 1. The number of benzene rings is 2. The van der Waals surface area contributed by atoms with Gasteiger partial charge in [-0.1, -0.05) is 18.2 Å². The van der Waals surface area contributed by atoms with E-state index >= 15 is 0 Å². The number of methoxy groups -OCH3 is 2. The minimum atomic E-state index is -0.429. The summed E-state index contributed by atoms with van der Waals surface area (Å²) < 4.78 is 9.87. The first-order chi connectivity index (χ1) is 11.5. The number of rotatable bonds is 6. The summed E-state index contributed by atoms with van der Waals surface area (Å²) in [5.41, 5.74) is 2.95. The SMILES string of the molecule is COC(=O)c1ccc(C)c(NC(=O)CCc2cccc(OC)c2)c1. The highest BCUT2D eigenvalue weighted by molar-refractivity contribution is 5.95. The Bertz CT molecular complexity index is 740. The Labute approximate surface area is 141 Å². The molecule has 0 fully saturated rings. The molecule has 1 N–H and O–H groups in total. The van der Waals surface area contributed by atoms with Gasteiger partial charge in [0.1, 0.15) is 5.75 Å². The number of nitrogens with one attached hydrogen (secondary N) is 1. The molecule has 0 spiro atoms. The minimum absolute atomic E-state index is 0.108. The van der Waals surface area contributed by atoms with Gasteiger partial charge in [-0.25, -0.2) is 4.79 Å². The summed E-state index contributed by atoms with van der Waals surface area (Å²) in [5, 5.41) is 2.85. The minimum Gasteiger partial charge on any atom is -0.497 e. The molecular formula is C19H21NO4. The van der Waals surface area contributed by atoms with Gasteiger partial charge in [-0.15, -0.1) is 0 Å². The second kappa shape index (κ2) is 8.15. The van der Waals surface area contributed by atoms with Crippen molar-refractivity contribution < 1.29 is 19.1 Å². The van der Waals surface area contributed by atoms with Gasteiger partial charge in [0.15, 0.2) is 0 Å². The van der Waals surface area contributed by atoms with Gasteiger partial charge in [0.25, 0.3) is 0 Å². The van der Waals surface area contributed by atoms with Crippen molar-refractivity contribution in [2.24, 2.45) is 0 Å². The first-order valence-corrected chi connectivity index (χ1v) is 7.65. The molecule has 5 heteroatoms. The van der Waals surface area contributed by atoms with Crippen molar-refractivity contribution in [3.8, 4) is 5.75 Å². The topological polar surface area (TPSA) is 64.6 Å². The van der Waals surface area contributed by atoms with Gasteiger partial charge < -0.3 is 14.8 Å². The molecule has 0 aliphatic carbocycles. The van der Waals surface area contributed by atoms with Gasteiger partial charge >= 0.3 is 5.97 Å². The Kier molecular flexibility index (Phi) is 5.95. The zero-order valence-electron chi connectivity index (χ0n) is 14.1. The number of ether oxygens (including phenoxy) is 2. The predicted molar refractivity (Wildman–Crippen MR) is 92.5 cm³/mol. The Morgan fingerprint density at radius 3 is 2.58 bits per heavy atom. The molecule has 0 bridgehead atoms. The first kappa shape index (κ1) is 17.5. The maximum atomic E-state index is 12.2. The third-order valence-electron chi connectivity index (χ3n) is 3.71. The zero-order valence-corrected chi connectivity index (χ0v) is 14.1. The van der Waals surface area contributed by atoms with Gasteiger partial charge in [-0.3, -0.25) is 4.79 Å². The van der Waals surface area contributed by atoms with E-state index in [0.717, 1.165) is 16.9 Å². The Morgan fingerprint density at radius 2 is 1.88 bits per heavy atom. The van der Waals surface area contributed by atoms with Crippen LogP contribution in [-0.2, 0) is 16.0 Å². The number of aryl methyl sites for hydroxylation is 2. The fourth-order valence-electron chi connectivity index (χ4n) is 2.30. The lowest BCUT2D eigenvalue weighted by Crippen LogP contribution is -2.14. The molecule has 0 atom stereocenters. The van der Waals surface area contributed by atoms with Gasteiger partial charge in [-0.05, 0) is 48.7 Å². The van der Waals surface area contributed by atoms with Crippen LogP contribution in [0.3, 0.4) is 0 Å². The van der Waals surface area contributed by atoms with Crippen molar-refractivity contribution in [1.29, 1.82) is 0 Å². The van der Waals surface area contributed by atoms with E-state index in [4.69, 9.17) is 9.47 Å². The summed E-state index contributed by atoms with van der Waals surface area (Å²) in [6.45, 7) is 1.87. The molecule has 1 amide bonds. The van der Waals surface area contributed by atoms with Crippen LogP contribution in [0.15, 0.2) is 42.5 Å². The molecule has 0 aliphatic rings. The Balaban J connectivity index is 2.00. The van der Waals surface area contributed by atoms with Crippen molar-refractivity contribution in [3.05, 3.63) is 59.2 Å². The summed E-state index contributed by atoms with van der Waals surface area (Å²) in [7, 11) is 2.94. The standard InChI is InChI=1S/C19H21NO4/c1-13-7-9-15(19(22)24-3)12-17(13)20-18(21)10-8-14-5-4-6-16(11-14)23-2/h4-7,9,11-12H,8,10H2,1-3H3,(H,20,21). The van der Waals surface area contributed by atoms with E-state index in [1.54, 1.807) is 25.3 Å². The van der Waals surface area contributed by atoms with Crippen LogP contribution in [0.2, 0.25) is 0 Å². The lowest BCUT2D eigenvalue weighted by Gasteiger charge is -2.10. The highest BCUT2D eigenvalue weighted by Crippen LogP contribution is 2.19. The number of hydrogen-bond acceptors (Lipinski definition) is 4. The van der Waals surface area contributed by atoms with Crippen LogP contribution in [0.25, 0.3) is 0 Å². The average molecular weight is 327 g/mol. The van der Waals surface area contributed by atoms with Crippen LogP contribution < -0.4 is 10.1 Å². The largest absolute Gasteiger partial charge is 0.497 e. The molecule has 0 saturated heterocycles. The first-order valence-electron chi connectivity index (χ1n) is 7.65. The lowest BCUT2D eigenvalue weighted by atomic mass is 10.1. The molecule has 0 saturated carbocycles. The lowest BCUT2D eigenvalue weighted by molar-refractivity contribution is -0.116. The molecule has 2 rings (SSSR count). The molecule has 126 valence electrons. The molecule has 0 heterocycles. The van der Waals surface area contributed by atoms with Gasteiger partial charge in [-0.2, -0.15) is 0 Å². The fourth-order valence-corrected chi connectivity index (χ4v) is 2.30. The van der Waals surface area contributed by atoms with Gasteiger partial charge in [0.2, 0.25) is 5.91 Å². The number of carbonyl (C=O) groups is 2. The summed E-state index contributed by atoms with van der Waals surface area (Å²) in [6.07, 6.45) is 0.952.